The van der Waals surface area contributed by atoms with Crippen LogP contribution in [-0.2, 0) is 14.3 Å². The molecule has 1 aromatic carbocycles. The Morgan fingerprint density at radius 1 is 1.00 bits per heavy atom. The van der Waals surface area contributed by atoms with Gasteiger partial charge in [0.25, 0.3) is 17.5 Å². The molecule has 25 heavy (non-hydrogen) atoms. The number of carbonyl (C=O) groups is 2. The van der Waals surface area contributed by atoms with Crippen molar-refractivity contribution in [2.75, 3.05) is 5.43 Å². The summed E-state index contributed by atoms with van der Waals surface area (Å²) in [6.45, 7) is 0. The number of hydrogen-bond donors (Lipinski definition) is 1. The number of amides is 2. The van der Waals surface area contributed by atoms with E-state index in [4.69, 9.17) is 4.74 Å². The number of nitro groups is 2. The van der Waals surface area contributed by atoms with Gasteiger partial charge in [-0.25, -0.2) is 0 Å². The molecule has 11 heteroatoms. The molecule has 1 aromatic rings. The Morgan fingerprint density at radius 3 is 2.12 bits per heavy atom. The molecule has 3 aliphatic rings. The lowest BCUT2D eigenvalue weighted by atomic mass is 9.85. The lowest BCUT2D eigenvalue weighted by molar-refractivity contribution is -0.393. The van der Waals surface area contributed by atoms with E-state index in [0.717, 1.165) is 23.2 Å². The monoisotopic (exact) mass is 346 g/mol. The van der Waals surface area contributed by atoms with E-state index in [2.05, 4.69) is 5.43 Å². The lowest BCUT2D eigenvalue weighted by Gasteiger charge is -2.19. The van der Waals surface area contributed by atoms with Crippen molar-refractivity contribution in [3.8, 4) is 0 Å². The van der Waals surface area contributed by atoms with Gasteiger partial charge in [0, 0.05) is 6.07 Å². The largest absolute Gasteiger partial charge is 0.365 e. The van der Waals surface area contributed by atoms with Gasteiger partial charge in [0.2, 0.25) is 0 Å². The van der Waals surface area contributed by atoms with Crippen molar-refractivity contribution in [3.63, 3.8) is 0 Å². The number of anilines is 1. The molecule has 4 rings (SSSR count). The highest BCUT2D eigenvalue weighted by molar-refractivity contribution is 6.07. The van der Waals surface area contributed by atoms with E-state index in [1.54, 1.807) is 12.2 Å². The van der Waals surface area contributed by atoms with E-state index >= 15 is 0 Å². The van der Waals surface area contributed by atoms with Crippen molar-refractivity contribution in [2.45, 2.75) is 12.2 Å². The van der Waals surface area contributed by atoms with Crippen molar-refractivity contribution in [1.82, 2.24) is 5.01 Å². The predicted molar refractivity (Wildman–Crippen MR) is 80.0 cm³/mol. The number of rotatable bonds is 4. The molecule has 11 nitrogen and oxygen atoms in total. The average Bonchev–Trinajstić information content (AvgIpc) is 3.24. The number of hydrogen-bond acceptors (Lipinski definition) is 8. The molecular weight excluding hydrogens is 336 g/mol. The van der Waals surface area contributed by atoms with Crippen LogP contribution in [0, 0.1) is 32.1 Å². The van der Waals surface area contributed by atoms with Crippen molar-refractivity contribution >= 4 is 28.9 Å². The molecule has 0 aromatic heterocycles. The van der Waals surface area contributed by atoms with Crippen LogP contribution in [0.2, 0.25) is 0 Å². The van der Waals surface area contributed by atoms with Gasteiger partial charge in [-0.3, -0.25) is 35.2 Å². The number of nitrogens with one attached hydrogen (secondary N) is 1. The second-order valence-electron chi connectivity index (χ2n) is 5.84. The summed E-state index contributed by atoms with van der Waals surface area (Å²) in [5.41, 5.74) is 1.18. The molecule has 0 aliphatic carbocycles. The first-order valence-corrected chi connectivity index (χ1v) is 7.29. The van der Waals surface area contributed by atoms with E-state index in [9.17, 15) is 29.8 Å². The van der Waals surface area contributed by atoms with Crippen molar-refractivity contribution in [2.24, 2.45) is 11.8 Å². The number of non-ortho nitro benzene ring substituents is 1. The Morgan fingerprint density at radius 2 is 1.60 bits per heavy atom. The summed E-state index contributed by atoms with van der Waals surface area (Å²) in [6.07, 6.45) is 2.47. The standard InChI is InChI=1S/C14H10N4O7/c19-13-11-9-3-4-10(25-9)12(11)14(20)16(13)15-7-2-1-6(17(21)22)5-8(7)18(23)24/h1-5,9-12,15H. The third kappa shape index (κ3) is 2.09. The zero-order valence-corrected chi connectivity index (χ0v) is 12.4. The van der Waals surface area contributed by atoms with Gasteiger partial charge >= 0.3 is 5.69 Å². The Hall–Kier alpha value is -3.34. The van der Waals surface area contributed by atoms with Gasteiger partial charge in [-0.1, -0.05) is 12.2 Å². The van der Waals surface area contributed by atoms with Crippen molar-refractivity contribution in [3.05, 3.63) is 50.6 Å². The number of imide groups is 1. The van der Waals surface area contributed by atoms with Crippen LogP contribution in [0.1, 0.15) is 0 Å². The van der Waals surface area contributed by atoms with Gasteiger partial charge in [-0.15, -0.1) is 0 Å². The number of nitrogens with zero attached hydrogens (tertiary/aromatic N) is 3. The minimum Gasteiger partial charge on any atom is -0.365 e. The molecule has 1 N–H and O–H groups in total. The minimum absolute atomic E-state index is 0.182. The molecule has 0 radical (unpaired) electrons. The third-order valence-electron chi connectivity index (χ3n) is 4.53. The fraction of sp³-hybridized carbons (Fsp3) is 0.286. The van der Waals surface area contributed by atoms with Crippen LogP contribution in [0.15, 0.2) is 30.4 Å². The first kappa shape index (κ1) is 15.2. The van der Waals surface area contributed by atoms with Crippen LogP contribution in [0.5, 0.6) is 0 Å². The molecular formula is C14H10N4O7. The van der Waals surface area contributed by atoms with Gasteiger partial charge < -0.3 is 4.74 Å². The van der Waals surface area contributed by atoms with Crippen LogP contribution in [0.25, 0.3) is 0 Å². The zero-order valence-electron chi connectivity index (χ0n) is 12.4. The molecule has 3 heterocycles. The molecule has 2 bridgehead atoms. The summed E-state index contributed by atoms with van der Waals surface area (Å²) in [5.74, 6) is -2.40. The molecule has 4 atom stereocenters. The molecule has 2 amide bonds. The number of ether oxygens (including phenoxy) is 1. The summed E-state index contributed by atoms with van der Waals surface area (Å²) in [4.78, 5) is 45.3. The Balaban J connectivity index is 1.65. The van der Waals surface area contributed by atoms with E-state index in [-0.39, 0.29) is 5.69 Å². The molecule has 0 spiro atoms. The topological polar surface area (TPSA) is 145 Å². The predicted octanol–water partition coefficient (Wildman–Crippen LogP) is 0.768. The van der Waals surface area contributed by atoms with E-state index in [0.29, 0.717) is 0 Å². The number of nitro benzene ring substituents is 2. The van der Waals surface area contributed by atoms with Gasteiger partial charge in [0.1, 0.15) is 5.69 Å². The fourth-order valence-corrected chi connectivity index (χ4v) is 3.41. The Bertz CT molecular complexity index is 837. The summed E-state index contributed by atoms with van der Waals surface area (Å²) in [7, 11) is 0. The fourth-order valence-electron chi connectivity index (χ4n) is 3.41. The maximum absolute atomic E-state index is 12.5. The van der Waals surface area contributed by atoms with Crippen LogP contribution in [0.3, 0.4) is 0 Å². The molecule has 3 aliphatic heterocycles. The van der Waals surface area contributed by atoms with Crippen LogP contribution >= 0.6 is 0 Å². The first-order chi connectivity index (χ1) is 11.9. The smallest absolute Gasteiger partial charge is 0.300 e. The van der Waals surface area contributed by atoms with Gasteiger partial charge in [-0.05, 0) is 6.07 Å². The van der Waals surface area contributed by atoms with Crippen LogP contribution < -0.4 is 5.43 Å². The summed E-state index contributed by atoms with van der Waals surface area (Å²) >= 11 is 0. The number of hydrazine groups is 1. The van der Waals surface area contributed by atoms with Crippen molar-refractivity contribution in [1.29, 1.82) is 0 Å². The SMILES string of the molecule is O=C1C2C3C=CC(O3)C2C(=O)N1Nc1ccc([N+](=O)[O-])cc1[N+](=O)[O-]. The maximum Gasteiger partial charge on any atom is 0.300 e. The minimum atomic E-state index is -0.824. The zero-order chi connectivity index (χ0) is 17.9. The van der Waals surface area contributed by atoms with E-state index < -0.39 is 57.1 Å². The molecule has 2 fully saturated rings. The highest BCUT2D eigenvalue weighted by Crippen LogP contribution is 2.45. The van der Waals surface area contributed by atoms with E-state index in [1.807, 2.05) is 0 Å². The van der Waals surface area contributed by atoms with Crippen LogP contribution in [-0.4, -0.2) is 38.9 Å². The number of fused-ring (bicyclic) bond motifs is 5. The molecule has 0 saturated carbocycles. The highest BCUT2D eigenvalue weighted by Gasteiger charge is 2.61. The second-order valence-corrected chi connectivity index (χ2v) is 5.84. The Kier molecular flexibility index (Phi) is 3.09. The number of carbonyl (C=O) groups excluding carboxylic acids is 2. The maximum atomic E-state index is 12.5. The van der Waals surface area contributed by atoms with Crippen molar-refractivity contribution < 1.29 is 24.2 Å². The normalized spacial score (nSPS) is 29.2. The van der Waals surface area contributed by atoms with Crippen LogP contribution in [0.4, 0.5) is 17.1 Å². The highest BCUT2D eigenvalue weighted by atomic mass is 16.6. The summed E-state index contributed by atoms with van der Waals surface area (Å²) < 4.78 is 5.49. The summed E-state index contributed by atoms with van der Waals surface area (Å²) in [5, 5.41) is 22.7. The van der Waals surface area contributed by atoms with Gasteiger partial charge in [0.05, 0.1) is 40.0 Å². The quantitative estimate of drug-likeness (QED) is 0.364. The second kappa shape index (κ2) is 5.08. The van der Waals surface area contributed by atoms with Gasteiger partial charge in [-0.2, -0.15) is 5.01 Å². The first-order valence-electron chi connectivity index (χ1n) is 7.29. The Labute approximate surface area is 139 Å². The lowest BCUT2D eigenvalue weighted by Crippen LogP contribution is -2.39. The molecule has 4 unspecified atom stereocenters. The van der Waals surface area contributed by atoms with Gasteiger partial charge in [0.15, 0.2) is 0 Å². The third-order valence-corrected chi connectivity index (χ3v) is 4.53. The van der Waals surface area contributed by atoms with E-state index in [1.165, 1.54) is 0 Å². The molecule has 2 saturated heterocycles. The number of benzene rings is 1. The summed E-state index contributed by atoms with van der Waals surface area (Å²) in [6, 6.07) is 2.91. The average molecular weight is 346 g/mol. The molecule has 128 valence electrons.